The molecule has 0 radical (unpaired) electrons. The van der Waals surface area contributed by atoms with Crippen molar-refractivity contribution in [2.24, 2.45) is 0 Å². The Morgan fingerprint density at radius 3 is 2.78 bits per heavy atom. The van der Waals surface area contributed by atoms with Crippen LogP contribution in [0.4, 0.5) is 5.69 Å². The second-order valence-corrected chi connectivity index (χ2v) is 8.96. The number of hydrogen-bond acceptors (Lipinski definition) is 7. The van der Waals surface area contributed by atoms with Crippen LogP contribution in [0.15, 0.2) is 6.07 Å². The van der Waals surface area contributed by atoms with E-state index in [1.165, 1.54) is 12.0 Å². The number of amides is 1. The van der Waals surface area contributed by atoms with Crippen molar-refractivity contribution in [1.29, 1.82) is 0 Å². The third-order valence-corrected chi connectivity index (χ3v) is 6.60. The van der Waals surface area contributed by atoms with Crippen LogP contribution in [0.25, 0.3) is 0 Å². The van der Waals surface area contributed by atoms with Crippen LogP contribution in [-0.2, 0) is 14.6 Å². The lowest BCUT2D eigenvalue weighted by atomic mass is 10.2. The number of halogens is 1. The Labute approximate surface area is 142 Å². The third kappa shape index (κ3) is 4.19. The number of nitrogens with zero attached hydrogens (tertiary/aromatic N) is 2. The van der Waals surface area contributed by atoms with Gasteiger partial charge in [0, 0.05) is 25.8 Å². The molecule has 2 rings (SSSR count). The average Bonchev–Trinajstić information content (AvgIpc) is 3.02. The Hall–Kier alpha value is -1.23. The van der Waals surface area contributed by atoms with Crippen LogP contribution < -0.4 is 0 Å². The van der Waals surface area contributed by atoms with E-state index in [0.29, 0.717) is 6.42 Å². The number of hydrogen-bond donors (Lipinski definition) is 0. The summed E-state index contributed by atoms with van der Waals surface area (Å²) in [6.07, 6.45) is 0.346. The number of thiophene rings is 1. The van der Waals surface area contributed by atoms with E-state index in [9.17, 15) is 23.3 Å². The summed E-state index contributed by atoms with van der Waals surface area (Å²) in [5.74, 6) is -0.548. The van der Waals surface area contributed by atoms with Crippen LogP contribution >= 0.6 is 22.9 Å². The van der Waals surface area contributed by atoms with E-state index < -0.39 is 26.7 Å². The van der Waals surface area contributed by atoms with Crippen molar-refractivity contribution >= 4 is 44.4 Å². The second-order valence-electron chi connectivity index (χ2n) is 5.07. The predicted octanol–water partition coefficient (Wildman–Crippen LogP) is 1.59. The average molecular weight is 383 g/mol. The van der Waals surface area contributed by atoms with Crippen molar-refractivity contribution < 1.29 is 22.9 Å². The van der Waals surface area contributed by atoms with E-state index in [-0.39, 0.29) is 39.6 Å². The van der Waals surface area contributed by atoms with Gasteiger partial charge >= 0.3 is 0 Å². The number of carbonyl (C=O) groups is 1. The molecule has 11 heteroatoms. The van der Waals surface area contributed by atoms with Gasteiger partial charge in [0.2, 0.25) is 0 Å². The summed E-state index contributed by atoms with van der Waals surface area (Å²) >= 11 is 6.60. The second kappa shape index (κ2) is 7.12. The van der Waals surface area contributed by atoms with Crippen LogP contribution in [0.5, 0.6) is 0 Å². The van der Waals surface area contributed by atoms with Gasteiger partial charge in [-0.3, -0.25) is 14.9 Å². The molecular weight excluding hydrogens is 368 g/mol. The van der Waals surface area contributed by atoms with Crippen molar-refractivity contribution in [2.45, 2.75) is 12.5 Å². The van der Waals surface area contributed by atoms with Gasteiger partial charge in [-0.2, -0.15) is 0 Å². The molecule has 0 aliphatic carbocycles. The number of ether oxygens (including phenoxy) is 1. The number of rotatable bonds is 6. The minimum absolute atomic E-state index is 0.0276. The molecule has 0 N–H and O–H groups in total. The van der Waals surface area contributed by atoms with Gasteiger partial charge in [0.15, 0.2) is 14.2 Å². The Balaban J connectivity index is 2.26. The SMILES string of the molecule is COCCN(C(=O)c1cc([N+](=O)[O-])c(Cl)s1)C1CCS(=O)(=O)C1. The molecule has 1 aromatic heterocycles. The first-order valence-electron chi connectivity index (χ1n) is 6.69. The van der Waals surface area contributed by atoms with Crippen molar-refractivity contribution in [3.05, 3.63) is 25.4 Å². The normalized spacial score (nSPS) is 19.7. The molecule has 0 aromatic carbocycles. The molecule has 1 atom stereocenters. The fourth-order valence-corrected chi connectivity index (χ4v) is 5.30. The maximum Gasteiger partial charge on any atom is 0.299 e. The standard InChI is InChI=1S/C12H15ClN2O6S2/c1-21-4-3-14(8-2-5-23(19,20)7-8)12(16)10-6-9(15(17)18)11(13)22-10/h6,8H,2-5,7H2,1H3. The largest absolute Gasteiger partial charge is 0.383 e. The van der Waals surface area contributed by atoms with Gasteiger partial charge in [0.25, 0.3) is 11.6 Å². The Kier molecular flexibility index (Phi) is 5.61. The van der Waals surface area contributed by atoms with E-state index >= 15 is 0 Å². The molecule has 23 heavy (non-hydrogen) atoms. The molecule has 1 aliphatic heterocycles. The van der Waals surface area contributed by atoms with Gasteiger partial charge in [-0.1, -0.05) is 11.6 Å². The highest BCUT2D eigenvalue weighted by Crippen LogP contribution is 2.35. The zero-order chi connectivity index (χ0) is 17.2. The highest BCUT2D eigenvalue weighted by atomic mass is 35.5. The molecule has 1 unspecified atom stereocenters. The van der Waals surface area contributed by atoms with Crippen molar-refractivity contribution in [3.63, 3.8) is 0 Å². The van der Waals surface area contributed by atoms with Gasteiger partial charge in [-0.15, -0.1) is 11.3 Å². The number of sulfone groups is 1. The van der Waals surface area contributed by atoms with Gasteiger partial charge < -0.3 is 9.64 Å². The van der Waals surface area contributed by atoms with Gasteiger partial charge in [-0.05, 0) is 6.42 Å². The molecular formula is C12H15ClN2O6S2. The predicted molar refractivity (Wildman–Crippen MR) is 86.0 cm³/mol. The molecule has 1 aliphatic rings. The third-order valence-electron chi connectivity index (χ3n) is 3.52. The van der Waals surface area contributed by atoms with Crippen LogP contribution in [0.2, 0.25) is 4.34 Å². The Bertz CT molecular complexity index is 717. The zero-order valence-electron chi connectivity index (χ0n) is 12.2. The molecule has 2 heterocycles. The first-order valence-corrected chi connectivity index (χ1v) is 9.71. The highest BCUT2D eigenvalue weighted by molar-refractivity contribution is 7.91. The van der Waals surface area contributed by atoms with E-state index in [2.05, 4.69) is 0 Å². The number of carbonyl (C=O) groups excluding carboxylic acids is 1. The summed E-state index contributed by atoms with van der Waals surface area (Å²) in [7, 11) is -1.69. The number of nitro groups is 1. The van der Waals surface area contributed by atoms with E-state index in [0.717, 1.165) is 17.4 Å². The summed E-state index contributed by atoms with van der Waals surface area (Å²) in [5, 5.41) is 10.8. The van der Waals surface area contributed by atoms with Crippen LogP contribution in [0.1, 0.15) is 16.1 Å². The smallest absolute Gasteiger partial charge is 0.299 e. The molecule has 0 spiro atoms. The van der Waals surface area contributed by atoms with E-state index in [4.69, 9.17) is 16.3 Å². The van der Waals surface area contributed by atoms with Gasteiger partial charge in [0.05, 0.1) is 23.0 Å². The molecule has 1 fully saturated rings. The summed E-state index contributed by atoms with van der Waals surface area (Å²) in [6.45, 7) is 0.447. The first kappa shape index (κ1) is 18.1. The maximum atomic E-state index is 12.6. The summed E-state index contributed by atoms with van der Waals surface area (Å²) in [4.78, 5) is 24.3. The first-order chi connectivity index (χ1) is 10.7. The molecule has 128 valence electrons. The van der Waals surface area contributed by atoms with Crippen molar-refractivity contribution in [1.82, 2.24) is 4.90 Å². The minimum atomic E-state index is -3.16. The molecule has 1 amide bonds. The maximum absolute atomic E-state index is 12.6. The monoisotopic (exact) mass is 382 g/mol. The Morgan fingerprint density at radius 2 is 2.30 bits per heavy atom. The summed E-state index contributed by atoms with van der Waals surface area (Å²) < 4.78 is 28.2. The summed E-state index contributed by atoms with van der Waals surface area (Å²) in [5.41, 5.74) is -0.328. The zero-order valence-corrected chi connectivity index (χ0v) is 14.6. The van der Waals surface area contributed by atoms with Gasteiger partial charge in [0.1, 0.15) is 4.88 Å². The van der Waals surface area contributed by atoms with E-state index in [1.54, 1.807) is 0 Å². The minimum Gasteiger partial charge on any atom is -0.383 e. The van der Waals surface area contributed by atoms with Gasteiger partial charge in [-0.25, -0.2) is 8.42 Å². The van der Waals surface area contributed by atoms with Crippen molar-refractivity contribution in [3.8, 4) is 0 Å². The quantitative estimate of drug-likeness (QED) is 0.546. The number of methoxy groups -OCH3 is 1. The van der Waals surface area contributed by atoms with Crippen LogP contribution in [0.3, 0.4) is 0 Å². The topological polar surface area (TPSA) is 107 Å². The van der Waals surface area contributed by atoms with Crippen LogP contribution in [-0.4, -0.2) is 62.0 Å². The molecule has 8 nitrogen and oxygen atoms in total. The lowest BCUT2D eigenvalue weighted by molar-refractivity contribution is -0.384. The van der Waals surface area contributed by atoms with E-state index in [1.807, 2.05) is 0 Å². The lowest BCUT2D eigenvalue weighted by Crippen LogP contribution is -2.42. The molecule has 0 bridgehead atoms. The fraction of sp³-hybridized carbons (Fsp3) is 0.583. The lowest BCUT2D eigenvalue weighted by Gasteiger charge is -2.27. The molecule has 1 aromatic rings. The highest BCUT2D eigenvalue weighted by Gasteiger charge is 2.36. The summed E-state index contributed by atoms with van der Waals surface area (Å²) in [6, 6.07) is 0.668. The molecule has 0 saturated carbocycles. The molecule has 1 saturated heterocycles. The van der Waals surface area contributed by atoms with Crippen LogP contribution in [0, 0.1) is 10.1 Å². The fourth-order valence-electron chi connectivity index (χ4n) is 2.39. The Morgan fingerprint density at radius 1 is 1.61 bits per heavy atom. The van der Waals surface area contributed by atoms with Crippen molar-refractivity contribution in [2.75, 3.05) is 31.8 Å².